The van der Waals surface area contributed by atoms with E-state index in [-0.39, 0.29) is 5.75 Å². The summed E-state index contributed by atoms with van der Waals surface area (Å²) in [5, 5.41) is 0. The maximum Gasteiger partial charge on any atom is 0.264 e. The minimum absolute atomic E-state index is 0.0893. The molecule has 0 aliphatic rings. The highest BCUT2D eigenvalue weighted by Gasteiger charge is 2.02. The quantitative estimate of drug-likeness (QED) is 0.268. The second kappa shape index (κ2) is 12.8. The van der Waals surface area contributed by atoms with E-state index in [0.29, 0.717) is 6.42 Å². The largest absolute Gasteiger partial charge is 0.286 e. The number of unbranched alkanes of at least 4 members (excludes halogenated alkanes) is 9. The van der Waals surface area contributed by atoms with E-state index < -0.39 is 10.1 Å². The highest BCUT2D eigenvalue weighted by atomic mass is 32.2. The fraction of sp³-hybridized carbons (Fsp3) is 0.667. The molecule has 0 unspecified atom stereocenters. The predicted octanol–water partition coefficient (Wildman–Crippen LogP) is 5.57. The van der Waals surface area contributed by atoms with Crippen molar-refractivity contribution in [2.45, 2.75) is 69.1 Å². The lowest BCUT2D eigenvalue weighted by Gasteiger charge is -2.03. The third-order valence-electron chi connectivity index (χ3n) is 3.81. The average Bonchev–Trinajstić information content (AvgIpc) is 2.52. The fourth-order valence-electron chi connectivity index (χ4n) is 2.51. The zero-order valence-electron chi connectivity index (χ0n) is 14.0. The van der Waals surface area contributed by atoms with Crippen molar-refractivity contribution in [3.63, 3.8) is 0 Å². The summed E-state index contributed by atoms with van der Waals surface area (Å²) in [5.41, 5.74) is 0. The molecule has 0 fully saturated rings. The van der Waals surface area contributed by atoms with Gasteiger partial charge in [0.25, 0.3) is 10.1 Å². The molecule has 132 valence electrons. The molecule has 0 amide bonds. The molecular formula is C18H30O3S2. The molecular weight excluding hydrogens is 328 g/mol. The summed E-state index contributed by atoms with van der Waals surface area (Å²) < 4.78 is 29.7. The summed E-state index contributed by atoms with van der Waals surface area (Å²) in [6, 6.07) is 10.6. The summed E-state index contributed by atoms with van der Waals surface area (Å²) >= 11 is 1.94. The number of hydrogen-bond acceptors (Lipinski definition) is 3. The van der Waals surface area contributed by atoms with Crippen LogP contribution in [0.1, 0.15) is 64.2 Å². The van der Waals surface area contributed by atoms with Crippen LogP contribution in [0.2, 0.25) is 0 Å². The Morgan fingerprint density at radius 3 is 1.74 bits per heavy atom. The van der Waals surface area contributed by atoms with Crippen LogP contribution in [0.15, 0.2) is 35.2 Å². The molecule has 0 saturated carbocycles. The van der Waals surface area contributed by atoms with Crippen LogP contribution in [-0.2, 0) is 10.1 Å². The zero-order valence-corrected chi connectivity index (χ0v) is 15.6. The molecule has 23 heavy (non-hydrogen) atoms. The molecule has 0 spiro atoms. The van der Waals surface area contributed by atoms with E-state index in [1.54, 1.807) is 0 Å². The first-order valence-electron chi connectivity index (χ1n) is 8.71. The van der Waals surface area contributed by atoms with Crippen LogP contribution in [0.3, 0.4) is 0 Å². The fourth-order valence-corrected chi connectivity index (χ4v) is 4.01. The van der Waals surface area contributed by atoms with Crippen molar-refractivity contribution in [2.75, 3.05) is 11.5 Å². The predicted molar refractivity (Wildman–Crippen MR) is 99.8 cm³/mol. The van der Waals surface area contributed by atoms with E-state index >= 15 is 0 Å². The number of rotatable bonds is 14. The van der Waals surface area contributed by atoms with Gasteiger partial charge in [0.15, 0.2) is 0 Å². The summed E-state index contributed by atoms with van der Waals surface area (Å²) in [6.07, 6.45) is 11.5. The second-order valence-corrected chi connectivity index (χ2v) is 8.72. The topological polar surface area (TPSA) is 54.4 Å². The third kappa shape index (κ3) is 13.6. The van der Waals surface area contributed by atoms with Crippen molar-refractivity contribution in [1.29, 1.82) is 0 Å². The zero-order chi connectivity index (χ0) is 16.8. The lowest BCUT2D eigenvalue weighted by molar-refractivity contribution is 0.478. The minimum Gasteiger partial charge on any atom is -0.286 e. The van der Waals surface area contributed by atoms with Gasteiger partial charge in [0.2, 0.25) is 0 Å². The molecule has 1 aromatic rings. The highest BCUT2D eigenvalue weighted by molar-refractivity contribution is 7.99. The number of benzene rings is 1. The normalized spacial score (nSPS) is 11.7. The van der Waals surface area contributed by atoms with Crippen molar-refractivity contribution in [3.8, 4) is 0 Å². The van der Waals surface area contributed by atoms with Gasteiger partial charge in [-0.3, -0.25) is 4.55 Å². The number of hydrogen-bond donors (Lipinski definition) is 1. The van der Waals surface area contributed by atoms with E-state index in [4.69, 9.17) is 4.55 Å². The smallest absolute Gasteiger partial charge is 0.264 e. The Kier molecular flexibility index (Phi) is 11.5. The Balaban J connectivity index is 1.78. The van der Waals surface area contributed by atoms with Gasteiger partial charge in [0, 0.05) is 4.90 Å². The molecule has 1 N–H and O–H groups in total. The van der Waals surface area contributed by atoms with Crippen LogP contribution in [0.4, 0.5) is 0 Å². The van der Waals surface area contributed by atoms with E-state index in [9.17, 15) is 8.42 Å². The Bertz CT molecular complexity index is 486. The van der Waals surface area contributed by atoms with E-state index in [2.05, 4.69) is 30.3 Å². The van der Waals surface area contributed by atoms with Gasteiger partial charge in [0.05, 0.1) is 5.75 Å². The molecule has 0 aliphatic heterocycles. The number of thioether (sulfide) groups is 1. The molecule has 5 heteroatoms. The molecule has 0 aliphatic carbocycles. The maximum atomic E-state index is 10.5. The van der Waals surface area contributed by atoms with Gasteiger partial charge >= 0.3 is 0 Å². The molecule has 0 atom stereocenters. The van der Waals surface area contributed by atoms with Gasteiger partial charge in [-0.15, -0.1) is 11.8 Å². The third-order valence-corrected chi connectivity index (χ3v) is 5.71. The Morgan fingerprint density at radius 2 is 1.22 bits per heavy atom. The molecule has 3 nitrogen and oxygen atoms in total. The van der Waals surface area contributed by atoms with Crippen LogP contribution < -0.4 is 0 Å². The second-order valence-electron chi connectivity index (χ2n) is 5.98. The molecule has 0 heterocycles. The van der Waals surface area contributed by atoms with E-state index in [1.807, 2.05) is 11.8 Å². The van der Waals surface area contributed by atoms with Crippen LogP contribution in [0, 0.1) is 0 Å². The first kappa shape index (κ1) is 20.5. The molecule has 0 saturated heterocycles. The van der Waals surface area contributed by atoms with Crippen molar-refractivity contribution < 1.29 is 13.0 Å². The van der Waals surface area contributed by atoms with Crippen molar-refractivity contribution in [2.24, 2.45) is 0 Å². The summed E-state index contributed by atoms with van der Waals surface area (Å²) in [5.74, 6) is 1.12. The molecule has 0 bridgehead atoms. The van der Waals surface area contributed by atoms with Crippen LogP contribution >= 0.6 is 11.8 Å². The Morgan fingerprint density at radius 1 is 0.739 bits per heavy atom. The molecule has 0 aromatic heterocycles. The van der Waals surface area contributed by atoms with Crippen LogP contribution in [0.5, 0.6) is 0 Å². The summed E-state index contributed by atoms with van der Waals surface area (Å²) in [6.45, 7) is 0. The molecule has 1 aromatic carbocycles. The van der Waals surface area contributed by atoms with E-state index in [1.165, 1.54) is 55.6 Å². The monoisotopic (exact) mass is 358 g/mol. The summed E-state index contributed by atoms with van der Waals surface area (Å²) in [7, 11) is -3.76. The van der Waals surface area contributed by atoms with Crippen molar-refractivity contribution >= 4 is 21.9 Å². The van der Waals surface area contributed by atoms with Gasteiger partial charge in [-0.1, -0.05) is 69.6 Å². The average molecular weight is 359 g/mol. The van der Waals surface area contributed by atoms with Crippen LogP contribution in [-0.4, -0.2) is 24.5 Å². The first-order chi connectivity index (χ1) is 11.1. The summed E-state index contributed by atoms with van der Waals surface area (Å²) in [4.78, 5) is 1.36. The van der Waals surface area contributed by atoms with Gasteiger partial charge in [-0.25, -0.2) is 0 Å². The van der Waals surface area contributed by atoms with Gasteiger partial charge < -0.3 is 0 Å². The van der Waals surface area contributed by atoms with Gasteiger partial charge in [0.1, 0.15) is 0 Å². The lowest BCUT2D eigenvalue weighted by Crippen LogP contribution is -2.03. The lowest BCUT2D eigenvalue weighted by atomic mass is 10.1. The van der Waals surface area contributed by atoms with Gasteiger partial charge in [-0.05, 0) is 30.7 Å². The standard InChI is InChI=1S/C18H30O3S2/c19-23(20,21)17-13-8-6-4-2-1-3-5-7-12-16-22-18-14-10-9-11-15-18/h9-11,14-15H,1-8,12-13,16-17H2,(H,19,20,21). The minimum atomic E-state index is -3.76. The van der Waals surface area contributed by atoms with E-state index in [0.717, 1.165) is 12.8 Å². The van der Waals surface area contributed by atoms with Gasteiger partial charge in [-0.2, -0.15) is 8.42 Å². The molecule has 0 radical (unpaired) electrons. The Labute approximate surface area is 146 Å². The Hall–Kier alpha value is -0.520. The SMILES string of the molecule is O=S(=O)(O)CCCCCCCCCCCCSc1ccccc1. The van der Waals surface area contributed by atoms with Crippen molar-refractivity contribution in [1.82, 2.24) is 0 Å². The first-order valence-corrected chi connectivity index (χ1v) is 11.3. The van der Waals surface area contributed by atoms with Crippen molar-refractivity contribution in [3.05, 3.63) is 30.3 Å². The molecule has 1 rings (SSSR count). The highest BCUT2D eigenvalue weighted by Crippen LogP contribution is 2.19. The maximum absolute atomic E-state index is 10.5. The van der Waals surface area contributed by atoms with Crippen LogP contribution in [0.25, 0.3) is 0 Å².